The Bertz CT molecular complexity index is 854. The van der Waals surface area contributed by atoms with E-state index < -0.39 is 10.0 Å². The predicted octanol–water partition coefficient (Wildman–Crippen LogP) is 1.52. The van der Waals surface area contributed by atoms with Gasteiger partial charge >= 0.3 is 0 Å². The molecule has 1 aliphatic rings. The number of nitrogens with one attached hydrogen (secondary N) is 3. The molecule has 25 heavy (non-hydrogen) atoms. The number of sulfonamides is 1. The van der Waals surface area contributed by atoms with Crippen LogP contribution in [0.1, 0.15) is 41.5 Å². The zero-order chi connectivity index (χ0) is 18.0. The third kappa shape index (κ3) is 4.67. The maximum absolute atomic E-state index is 12.5. The van der Waals surface area contributed by atoms with Gasteiger partial charge < -0.3 is 5.32 Å². The highest BCUT2D eigenvalue weighted by Crippen LogP contribution is 2.19. The molecule has 0 saturated heterocycles. The number of hydrogen-bond donors (Lipinski definition) is 3. The first-order valence-electron chi connectivity index (χ1n) is 8.27. The van der Waals surface area contributed by atoms with Crippen LogP contribution in [0.15, 0.2) is 35.2 Å². The molecule has 134 valence electrons. The summed E-state index contributed by atoms with van der Waals surface area (Å²) in [6.07, 6.45) is 2.51. The maximum atomic E-state index is 12.5. The van der Waals surface area contributed by atoms with Crippen molar-refractivity contribution in [2.24, 2.45) is 0 Å². The molecule has 1 aromatic heterocycles. The molecule has 0 bridgehead atoms. The molecule has 0 spiro atoms. The fraction of sp³-hybridized carbons (Fsp3) is 0.412. The Kier molecular flexibility index (Phi) is 4.91. The van der Waals surface area contributed by atoms with Crippen molar-refractivity contribution in [3.63, 3.8) is 0 Å². The van der Waals surface area contributed by atoms with Crippen LogP contribution in [-0.2, 0) is 16.4 Å². The van der Waals surface area contributed by atoms with Crippen molar-refractivity contribution < 1.29 is 13.2 Å². The van der Waals surface area contributed by atoms with Gasteiger partial charge in [0.15, 0.2) is 0 Å². The van der Waals surface area contributed by atoms with Crippen LogP contribution < -0.4 is 10.0 Å². The standard InChI is InChI=1S/C17H22N4O3S/c1-11-9-15(20-19-11)10-12(2)21-25(23,24)16-7-3-13(4-8-16)17(22)18-14-5-6-14/h3-4,7-9,12,14,21H,5-6,10H2,1-2H3,(H,18,22)(H,19,20). The molecule has 0 aliphatic heterocycles. The molecule has 7 nitrogen and oxygen atoms in total. The highest BCUT2D eigenvalue weighted by molar-refractivity contribution is 7.89. The summed E-state index contributed by atoms with van der Waals surface area (Å²) in [5.74, 6) is -0.165. The highest BCUT2D eigenvalue weighted by atomic mass is 32.2. The third-order valence-electron chi connectivity index (χ3n) is 3.97. The zero-order valence-electron chi connectivity index (χ0n) is 14.2. The summed E-state index contributed by atoms with van der Waals surface area (Å²) in [7, 11) is -3.65. The average molecular weight is 362 g/mol. The Labute approximate surface area is 147 Å². The van der Waals surface area contributed by atoms with E-state index in [2.05, 4.69) is 20.2 Å². The van der Waals surface area contributed by atoms with Crippen molar-refractivity contribution in [3.05, 3.63) is 47.3 Å². The average Bonchev–Trinajstić information content (AvgIpc) is 3.27. The summed E-state index contributed by atoms with van der Waals surface area (Å²) in [5.41, 5.74) is 2.20. The Morgan fingerprint density at radius 1 is 1.32 bits per heavy atom. The second-order valence-corrected chi connectivity index (χ2v) is 8.25. The van der Waals surface area contributed by atoms with Crippen molar-refractivity contribution in [1.82, 2.24) is 20.2 Å². The fourth-order valence-corrected chi connectivity index (χ4v) is 3.79. The van der Waals surface area contributed by atoms with Crippen LogP contribution in [0.25, 0.3) is 0 Å². The minimum absolute atomic E-state index is 0.139. The Morgan fingerprint density at radius 3 is 2.56 bits per heavy atom. The van der Waals surface area contributed by atoms with E-state index in [1.54, 1.807) is 6.92 Å². The van der Waals surface area contributed by atoms with Crippen molar-refractivity contribution in [2.75, 3.05) is 0 Å². The lowest BCUT2D eigenvalue weighted by molar-refractivity contribution is 0.0951. The maximum Gasteiger partial charge on any atom is 0.251 e. The van der Waals surface area contributed by atoms with Gasteiger partial charge in [0.1, 0.15) is 0 Å². The van der Waals surface area contributed by atoms with Gasteiger partial charge in [0.05, 0.1) is 10.6 Å². The van der Waals surface area contributed by atoms with Gasteiger partial charge in [-0.05, 0) is 57.0 Å². The summed E-state index contributed by atoms with van der Waals surface area (Å²) in [4.78, 5) is 12.1. The summed E-state index contributed by atoms with van der Waals surface area (Å²) in [6.45, 7) is 3.69. The van der Waals surface area contributed by atoms with Gasteiger partial charge in [-0.25, -0.2) is 13.1 Å². The first-order chi connectivity index (χ1) is 11.8. The molecule has 1 amide bonds. The molecular formula is C17H22N4O3S. The largest absolute Gasteiger partial charge is 0.349 e. The third-order valence-corrected chi connectivity index (χ3v) is 5.58. The number of benzene rings is 1. The van der Waals surface area contributed by atoms with Crippen LogP contribution in [0.5, 0.6) is 0 Å². The van der Waals surface area contributed by atoms with Gasteiger partial charge in [0, 0.05) is 29.8 Å². The Morgan fingerprint density at radius 2 is 2.00 bits per heavy atom. The number of aromatic nitrogens is 2. The lowest BCUT2D eigenvalue weighted by Gasteiger charge is -2.13. The van der Waals surface area contributed by atoms with Crippen molar-refractivity contribution in [1.29, 1.82) is 0 Å². The number of amides is 1. The molecule has 1 unspecified atom stereocenters. The van der Waals surface area contributed by atoms with E-state index in [0.717, 1.165) is 24.2 Å². The van der Waals surface area contributed by atoms with E-state index in [4.69, 9.17) is 0 Å². The van der Waals surface area contributed by atoms with E-state index >= 15 is 0 Å². The molecule has 3 rings (SSSR count). The quantitative estimate of drug-likeness (QED) is 0.694. The minimum Gasteiger partial charge on any atom is -0.349 e. The number of hydrogen-bond acceptors (Lipinski definition) is 4. The number of rotatable bonds is 7. The van der Waals surface area contributed by atoms with Crippen LogP contribution in [0.3, 0.4) is 0 Å². The zero-order valence-corrected chi connectivity index (χ0v) is 15.1. The molecule has 2 aromatic rings. The van der Waals surface area contributed by atoms with Gasteiger partial charge in [-0.2, -0.15) is 5.10 Å². The molecule has 0 radical (unpaired) electrons. The SMILES string of the molecule is Cc1cc(CC(C)NS(=O)(=O)c2ccc(C(=O)NC3CC3)cc2)n[nH]1. The fourth-order valence-electron chi connectivity index (χ4n) is 2.55. The smallest absolute Gasteiger partial charge is 0.251 e. The van der Waals surface area contributed by atoms with Gasteiger partial charge in [0.25, 0.3) is 5.91 Å². The molecule has 1 saturated carbocycles. The number of H-pyrrole nitrogens is 1. The van der Waals surface area contributed by atoms with Gasteiger partial charge in [0.2, 0.25) is 10.0 Å². The van der Waals surface area contributed by atoms with E-state index in [9.17, 15) is 13.2 Å². The van der Waals surface area contributed by atoms with Crippen LogP contribution >= 0.6 is 0 Å². The van der Waals surface area contributed by atoms with Crippen LogP contribution in [-0.4, -0.2) is 36.6 Å². The number of carbonyl (C=O) groups is 1. The van der Waals surface area contributed by atoms with Crippen LogP contribution in [0, 0.1) is 6.92 Å². The summed E-state index contributed by atoms with van der Waals surface area (Å²) < 4.78 is 27.6. The van der Waals surface area contributed by atoms with Crippen molar-refractivity contribution in [2.45, 2.75) is 50.1 Å². The second kappa shape index (κ2) is 6.97. The molecule has 1 fully saturated rings. The molecule has 8 heteroatoms. The summed E-state index contributed by atoms with van der Waals surface area (Å²) >= 11 is 0. The Hall–Kier alpha value is -2.19. The van der Waals surface area contributed by atoms with E-state index in [-0.39, 0.29) is 22.9 Å². The number of aromatic amines is 1. The lowest BCUT2D eigenvalue weighted by Crippen LogP contribution is -2.34. The lowest BCUT2D eigenvalue weighted by atomic mass is 10.2. The summed E-state index contributed by atoms with van der Waals surface area (Å²) in [5, 5.41) is 9.83. The topological polar surface area (TPSA) is 104 Å². The predicted molar refractivity (Wildman–Crippen MR) is 93.7 cm³/mol. The first kappa shape index (κ1) is 17.6. The summed E-state index contributed by atoms with van der Waals surface area (Å²) in [6, 6.07) is 7.83. The Balaban J connectivity index is 1.63. The highest BCUT2D eigenvalue weighted by Gasteiger charge is 2.24. The molecule has 1 aromatic carbocycles. The van der Waals surface area contributed by atoms with Crippen molar-refractivity contribution >= 4 is 15.9 Å². The first-order valence-corrected chi connectivity index (χ1v) is 9.76. The normalized spacial score (nSPS) is 15.8. The molecule has 1 atom stereocenters. The van der Waals surface area contributed by atoms with Gasteiger partial charge in [-0.1, -0.05) is 0 Å². The number of nitrogens with zero attached hydrogens (tertiary/aromatic N) is 1. The monoisotopic (exact) mass is 362 g/mol. The van der Waals surface area contributed by atoms with Gasteiger partial charge in [-0.15, -0.1) is 0 Å². The van der Waals surface area contributed by atoms with E-state index in [1.807, 2.05) is 13.0 Å². The minimum atomic E-state index is -3.65. The van der Waals surface area contributed by atoms with Gasteiger partial charge in [-0.3, -0.25) is 9.89 Å². The van der Waals surface area contributed by atoms with E-state index in [0.29, 0.717) is 12.0 Å². The van der Waals surface area contributed by atoms with Crippen LogP contribution in [0.4, 0.5) is 0 Å². The van der Waals surface area contributed by atoms with E-state index in [1.165, 1.54) is 24.3 Å². The second-order valence-electron chi connectivity index (χ2n) is 6.54. The van der Waals surface area contributed by atoms with Crippen molar-refractivity contribution in [3.8, 4) is 0 Å². The molecule has 3 N–H and O–H groups in total. The number of aryl methyl sites for hydroxylation is 1. The number of carbonyl (C=O) groups excluding carboxylic acids is 1. The molecule has 1 aliphatic carbocycles. The van der Waals surface area contributed by atoms with Crippen LogP contribution in [0.2, 0.25) is 0 Å². The molecular weight excluding hydrogens is 340 g/mol. The molecule has 1 heterocycles.